The maximum absolute atomic E-state index is 11.1. The normalized spacial score (nSPS) is 14.0. The van der Waals surface area contributed by atoms with Crippen molar-refractivity contribution in [3.63, 3.8) is 0 Å². The van der Waals surface area contributed by atoms with E-state index >= 15 is 0 Å². The second kappa shape index (κ2) is 5.95. The van der Waals surface area contributed by atoms with Crippen LogP contribution in [0.25, 0.3) is 0 Å². The standard InChI is InChI=1S/C12H13ClO5/c1-6(15)10(13)7-2-3-9(8(4-7)5-14)11(16)12(17)18/h2-4,10-11,14,16H,5H2,1H3,(H,17,18). The number of aliphatic carboxylic acids is 1. The van der Waals surface area contributed by atoms with Crippen molar-refractivity contribution < 1.29 is 24.9 Å². The quantitative estimate of drug-likeness (QED) is 0.699. The fraction of sp³-hybridized carbons (Fsp3) is 0.333. The van der Waals surface area contributed by atoms with E-state index < -0.39 is 24.1 Å². The van der Waals surface area contributed by atoms with E-state index in [2.05, 4.69) is 0 Å². The smallest absolute Gasteiger partial charge is 0.337 e. The summed E-state index contributed by atoms with van der Waals surface area (Å²) < 4.78 is 0. The lowest BCUT2D eigenvalue weighted by Crippen LogP contribution is -2.13. The largest absolute Gasteiger partial charge is 0.479 e. The number of carbonyl (C=O) groups excluding carboxylic acids is 1. The average molecular weight is 273 g/mol. The van der Waals surface area contributed by atoms with Crippen LogP contribution in [0.1, 0.15) is 35.1 Å². The average Bonchev–Trinajstić information content (AvgIpc) is 2.35. The lowest BCUT2D eigenvalue weighted by Gasteiger charge is -2.14. The lowest BCUT2D eigenvalue weighted by atomic mass is 9.98. The fourth-order valence-corrected chi connectivity index (χ4v) is 1.69. The van der Waals surface area contributed by atoms with Gasteiger partial charge in [0.25, 0.3) is 0 Å². The highest BCUT2D eigenvalue weighted by Gasteiger charge is 2.21. The number of ketones is 1. The molecule has 18 heavy (non-hydrogen) atoms. The van der Waals surface area contributed by atoms with E-state index in [1.54, 1.807) is 0 Å². The summed E-state index contributed by atoms with van der Waals surface area (Å²) in [5.41, 5.74) is 0.769. The molecule has 0 aliphatic rings. The van der Waals surface area contributed by atoms with Crippen molar-refractivity contribution in [1.82, 2.24) is 0 Å². The van der Waals surface area contributed by atoms with Crippen molar-refractivity contribution in [1.29, 1.82) is 0 Å². The second-order valence-electron chi connectivity index (χ2n) is 3.83. The van der Waals surface area contributed by atoms with Crippen molar-refractivity contribution >= 4 is 23.4 Å². The minimum atomic E-state index is -1.72. The molecule has 0 aliphatic heterocycles. The van der Waals surface area contributed by atoms with Gasteiger partial charge >= 0.3 is 5.97 Å². The Balaban J connectivity index is 3.19. The van der Waals surface area contributed by atoms with Gasteiger partial charge in [0, 0.05) is 0 Å². The molecule has 1 aromatic rings. The van der Waals surface area contributed by atoms with Crippen LogP contribution in [0.5, 0.6) is 0 Å². The second-order valence-corrected chi connectivity index (χ2v) is 4.27. The highest BCUT2D eigenvalue weighted by atomic mass is 35.5. The molecule has 0 saturated heterocycles. The van der Waals surface area contributed by atoms with Crippen molar-refractivity contribution in [2.24, 2.45) is 0 Å². The summed E-state index contributed by atoms with van der Waals surface area (Å²) in [5.74, 6) is -1.67. The summed E-state index contributed by atoms with van der Waals surface area (Å²) in [6, 6.07) is 4.22. The number of carboxylic acid groups (broad SMARTS) is 1. The van der Waals surface area contributed by atoms with E-state index in [0.29, 0.717) is 5.56 Å². The van der Waals surface area contributed by atoms with Gasteiger partial charge in [-0.05, 0) is 23.6 Å². The molecule has 3 N–H and O–H groups in total. The number of alkyl halides is 1. The number of hydrogen-bond acceptors (Lipinski definition) is 4. The molecule has 0 amide bonds. The zero-order chi connectivity index (χ0) is 13.9. The van der Waals surface area contributed by atoms with E-state index in [-0.39, 0.29) is 16.9 Å². The molecule has 0 aliphatic carbocycles. The Morgan fingerprint density at radius 2 is 2.00 bits per heavy atom. The van der Waals surface area contributed by atoms with Crippen molar-refractivity contribution in [2.75, 3.05) is 0 Å². The topological polar surface area (TPSA) is 94.8 Å². The summed E-state index contributed by atoms with van der Waals surface area (Å²) in [5, 5.41) is 26.5. The molecule has 0 spiro atoms. The van der Waals surface area contributed by atoms with Crippen LogP contribution >= 0.6 is 11.6 Å². The van der Waals surface area contributed by atoms with Crippen LogP contribution in [-0.4, -0.2) is 27.1 Å². The third-order valence-corrected chi connectivity index (χ3v) is 3.07. The van der Waals surface area contributed by atoms with Crippen LogP contribution in [0.15, 0.2) is 18.2 Å². The number of rotatable bonds is 5. The molecule has 0 fully saturated rings. The highest BCUT2D eigenvalue weighted by molar-refractivity contribution is 6.30. The number of carbonyl (C=O) groups is 2. The Kier molecular flexibility index (Phi) is 4.84. The van der Waals surface area contributed by atoms with E-state index in [0.717, 1.165) is 0 Å². The summed E-state index contributed by atoms with van der Waals surface area (Å²) in [6.45, 7) is 0.880. The van der Waals surface area contributed by atoms with Gasteiger partial charge in [-0.25, -0.2) is 4.79 Å². The minimum Gasteiger partial charge on any atom is -0.479 e. The molecule has 2 unspecified atom stereocenters. The monoisotopic (exact) mass is 272 g/mol. The van der Waals surface area contributed by atoms with Crippen molar-refractivity contribution in [3.8, 4) is 0 Å². The Hall–Kier alpha value is -1.43. The number of aliphatic hydroxyl groups excluding tert-OH is 2. The van der Waals surface area contributed by atoms with Crippen molar-refractivity contribution in [3.05, 3.63) is 34.9 Å². The third kappa shape index (κ3) is 3.07. The Bertz CT molecular complexity index is 472. The maximum Gasteiger partial charge on any atom is 0.337 e. The van der Waals surface area contributed by atoms with Gasteiger partial charge < -0.3 is 15.3 Å². The van der Waals surface area contributed by atoms with Crippen LogP contribution in [0, 0.1) is 0 Å². The summed E-state index contributed by atoms with van der Waals surface area (Å²) in [7, 11) is 0. The predicted molar refractivity (Wildman–Crippen MR) is 64.2 cm³/mol. The summed E-state index contributed by atoms with van der Waals surface area (Å²) in [6.07, 6.45) is -1.72. The molecule has 98 valence electrons. The molecular weight excluding hydrogens is 260 g/mol. The predicted octanol–water partition coefficient (Wildman–Crippen LogP) is 1.17. The van der Waals surface area contributed by atoms with Gasteiger partial charge in [0.1, 0.15) is 5.38 Å². The molecule has 0 heterocycles. The molecular formula is C12H13ClO5. The zero-order valence-electron chi connectivity index (χ0n) is 9.63. The number of aliphatic hydroxyl groups is 2. The Morgan fingerprint density at radius 3 is 2.44 bits per heavy atom. The number of carboxylic acids is 1. The first kappa shape index (κ1) is 14.6. The highest BCUT2D eigenvalue weighted by Crippen LogP contribution is 2.27. The molecule has 6 heteroatoms. The molecule has 0 saturated carbocycles. The Morgan fingerprint density at radius 1 is 1.39 bits per heavy atom. The number of Topliss-reactive ketones (excluding diaryl/α,β-unsaturated/α-hetero) is 1. The van der Waals surface area contributed by atoms with E-state index in [1.165, 1.54) is 25.1 Å². The van der Waals surface area contributed by atoms with Gasteiger partial charge in [-0.3, -0.25) is 4.79 Å². The number of hydrogen-bond donors (Lipinski definition) is 3. The van der Waals surface area contributed by atoms with Gasteiger partial charge in [-0.1, -0.05) is 18.2 Å². The van der Waals surface area contributed by atoms with Crippen LogP contribution in [0.3, 0.4) is 0 Å². The lowest BCUT2D eigenvalue weighted by molar-refractivity contribution is -0.147. The first-order valence-electron chi connectivity index (χ1n) is 5.17. The zero-order valence-corrected chi connectivity index (χ0v) is 10.4. The SMILES string of the molecule is CC(=O)C(Cl)c1ccc(C(O)C(=O)O)c(CO)c1. The minimum absolute atomic E-state index is 0.0844. The molecule has 1 rings (SSSR count). The van der Waals surface area contributed by atoms with E-state index in [1.807, 2.05) is 0 Å². The molecule has 0 aromatic heterocycles. The van der Waals surface area contributed by atoms with Gasteiger partial charge in [0.2, 0.25) is 0 Å². The van der Waals surface area contributed by atoms with Crippen LogP contribution in [0.4, 0.5) is 0 Å². The fourth-order valence-electron chi connectivity index (χ4n) is 1.55. The number of benzene rings is 1. The molecule has 2 atom stereocenters. The van der Waals surface area contributed by atoms with Crippen molar-refractivity contribution in [2.45, 2.75) is 25.0 Å². The first-order chi connectivity index (χ1) is 8.38. The third-order valence-electron chi connectivity index (χ3n) is 2.52. The van der Waals surface area contributed by atoms with Crippen LogP contribution < -0.4 is 0 Å². The van der Waals surface area contributed by atoms with Crippen LogP contribution in [0.2, 0.25) is 0 Å². The first-order valence-corrected chi connectivity index (χ1v) is 5.61. The molecule has 0 bridgehead atoms. The molecule has 1 aromatic carbocycles. The molecule has 0 radical (unpaired) electrons. The molecule has 5 nitrogen and oxygen atoms in total. The summed E-state index contributed by atoms with van der Waals surface area (Å²) >= 11 is 5.85. The maximum atomic E-state index is 11.1. The van der Waals surface area contributed by atoms with Gasteiger partial charge in [-0.15, -0.1) is 11.6 Å². The van der Waals surface area contributed by atoms with Gasteiger partial charge in [-0.2, -0.15) is 0 Å². The summed E-state index contributed by atoms with van der Waals surface area (Å²) in [4.78, 5) is 21.8. The van der Waals surface area contributed by atoms with Gasteiger partial charge in [0.05, 0.1) is 6.61 Å². The van der Waals surface area contributed by atoms with E-state index in [4.69, 9.17) is 21.8 Å². The van der Waals surface area contributed by atoms with Gasteiger partial charge in [0.15, 0.2) is 11.9 Å². The Labute approximate surface area is 109 Å². The van der Waals surface area contributed by atoms with Crippen LogP contribution in [-0.2, 0) is 16.2 Å². The van der Waals surface area contributed by atoms with E-state index in [9.17, 15) is 14.7 Å². The number of halogens is 1.